The van der Waals surface area contributed by atoms with Crippen molar-refractivity contribution in [2.45, 2.75) is 38.1 Å². The minimum absolute atomic E-state index is 0.00580. The molecule has 3 atom stereocenters. The van der Waals surface area contributed by atoms with Crippen molar-refractivity contribution in [2.24, 2.45) is 5.92 Å². The third-order valence-corrected chi connectivity index (χ3v) is 3.89. The van der Waals surface area contributed by atoms with Crippen molar-refractivity contribution in [3.05, 3.63) is 29.6 Å². The highest BCUT2D eigenvalue weighted by molar-refractivity contribution is 5.30. The first-order chi connectivity index (χ1) is 9.49. The number of pyridine rings is 1. The Morgan fingerprint density at radius 3 is 2.85 bits per heavy atom. The molecule has 0 saturated carbocycles. The summed E-state index contributed by atoms with van der Waals surface area (Å²) >= 11 is 0. The smallest absolute Gasteiger partial charge is 0.378 e. The number of nitrogens with one attached hydrogen (secondary N) is 1. The van der Waals surface area contributed by atoms with E-state index in [0.717, 1.165) is 18.9 Å². The monoisotopic (exact) mass is 288 g/mol. The zero-order valence-electron chi connectivity index (χ0n) is 11.6. The lowest BCUT2D eigenvalue weighted by atomic mass is 9.85. The largest absolute Gasteiger partial charge is 0.416 e. The van der Waals surface area contributed by atoms with Crippen molar-refractivity contribution in [1.29, 1.82) is 0 Å². The third-order valence-electron chi connectivity index (χ3n) is 3.89. The Labute approximate surface area is 116 Å². The Balaban J connectivity index is 2.37. The molecule has 1 fully saturated rings. The van der Waals surface area contributed by atoms with Gasteiger partial charge in [0.05, 0.1) is 11.7 Å². The second-order valence-corrected chi connectivity index (χ2v) is 5.00. The van der Waals surface area contributed by atoms with Crippen LogP contribution in [0.25, 0.3) is 0 Å². The van der Waals surface area contributed by atoms with Crippen LogP contribution in [0.5, 0.6) is 0 Å². The van der Waals surface area contributed by atoms with E-state index in [9.17, 15) is 13.2 Å². The number of halogens is 3. The van der Waals surface area contributed by atoms with E-state index < -0.39 is 17.8 Å². The Bertz CT molecular complexity index is 450. The summed E-state index contributed by atoms with van der Waals surface area (Å²) < 4.78 is 45.0. The predicted octanol–water partition coefficient (Wildman–Crippen LogP) is 3.18. The van der Waals surface area contributed by atoms with Gasteiger partial charge in [-0.1, -0.05) is 6.92 Å². The van der Waals surface area contributed by atoms with Crippen molar-refractivity contribution < 1.29 is 17.9 Å². The van der Waals surface area contributed by atoms with Gasteiger partial charge in [-0.15, -0.1) is 0 Å². The normalized spacial score (nSPS) is 24.9. The fourth-order valence-electron chi connectivity index (χ4n) is 2.98. The highest BCUT2D eigenvalue weighted by Gasteiger charge is 2.40. The van der Waals surface area contributed by atoms with Crippen molar-refractivity contribution in [3.63, 3.8) is 0 Å². The van der Waals surface area contributed by atoms with E-state index in [1.54, 1.807) is 7.05 Å². The van der Waals surface area contributed by atoms with Crippen LogP contribution < -0.4 is 5.32 Å². The van der Waals surface area contributed by atoms with Crippen molar-refractivity contribution in [2.75, 3.05) is 13.7 Å². The van der Waals surface area contributed by atoms with Gasteiger partial charge in [0.15, 0.2) is 0 Å². The molecule has 20 heavy (non-hydrogen) atoms. The maximum absolute atomic E-state index is 13.1. The Hall–Kier alpha value is -1.14. The molecular weight excluding hydrogens is 269 g/mol. The Kier molecular flexibility index (Phi) is 4.65. The molecule has 3 nitrogen and oxygen atoms in total. The van der Waals surface area contributed by atoms with Gasteiger partial charge in [0.1, 0.15) is 0 Å². The highest BCUT2D eigenvalue weighted by Crippen LogP contribution is 2.40. The van der Waals surface area contributed by atoms with Crippen LogP contribution in [0.2, 0.25) is 0 Å². The summed E-state index contributed by atoms with van der Waals surface area (Å²) in [7, 11) is 1.68. The molecule has 112 valence electrons. The number of alkyl halides is 3. The number of hydrogen-bond acceptors (Lipinski definition) is 3. The van der Waals surface area contributed by atoms with E-state index in [4.69, 9.17) is 4.74 Å². The number of hydrogen-bond donors (Lipinski definition) is 1. The summed E-state index contributed by atoms with van der Waals surface area (Å²) in [4.78, 5) is 3.87. The molecule has 1 N–H and O–H groups in total. The maximum atomic E-state index is 13.1. The van der Waals surface area contributed by atoms with Crippen molar-refractivity contribution >= 4 is 0 Å². The first kappa shape index (κ1) is 15.3. The summed E-state index contributed by atoms with van der Waals surface area (Å²) in [6, 6.07) is 0.643. The minimum Gasteiger partial charge on any atom is -0.378 e. The van der Waals surface area contributed by atoms with Crippen LogP contribution in [-0.2, 0) is 10.9 Å². The van der Waals surface area contributed by atoms with Crippen LogP contribution >= 0.6 is 0 Å². The lowest BCUT2D eigenvalue weighted by molar-refractivity contribution is -0.138. The van der Waals surface area contributed by atoms with Gasteiger partial charge in [0, 0.05) is 31.0 Å². The number of ether oxygens (including phenoxy) is 1. The Morgan fingerprint density at radius 2 is 2.25 bits per heavy atom. The van der Waals surface area contributed by atoms with E-state index in [2.05, 4.69) is 10.3 Å². The zero-order chi connectivity index (χ0) is 14.8. The molecular formula is C14H19F3N2O. The molecule has 2 rings (SSSR count). The average Bonchev–Trinajstić information content (AvgIpc) is 2.87. The van der Waals surface area contributed by atoms with E-state index in [0.29, 0.717) is 6.61 Å². The molecule has 1 saturated heterocycles. The zero-order valence-corrected chi connectivity index (χ0v) is 11.6. The first-order valence-electron chi connectivity index (χ1n) is 6.79. The minimum atomic E-state index is -4.37. The summed E-state index contributed by atoms with van der Waals surface area (Å²) in [5, 5.41) is 3.02. The van der Waals surface area contributed by atoms with Crippen LogP contribution in [0.15, 0.2) is 18.5 Å². The van der Waals surface area contributed by atoms with Crippen LogP contribution in [0.4, 0.5) is 13.2 Å². The van der Waals surface area contributed by atoms with Gasteiger partial charge in [-0.2, -0.15) is 13.2 Å². The molecule has 0 spiro atoms. The number of nitrogens with zero attached hydrogens (tertiary/aromatic N) is 1. The molecule has 1 aliphatic rings. The van der Waals surface area contributed by atoms with Crippen LogP contribution in [0, 0.1) is 5.92 Å². The average molecular weight is 288 g/mol. The van der Waals surface area contributed by atoms with Gasteiger partial charge in [-0.3, -0.25) is 4.98 Å². The fraction of sp³-hybridized carbons (Fsp3) is 0.643. The van der Waals surface area contributed by atoms with Gasteiger partial charge >= 0.3 is 6.18 Å². The molecule has 0 bridgehead atoms. The predicted molar refractivity (Wildman–Crippen MR) is 69.2 cm³/mol. The standard InChI is InChI=1S/C14H19F3N2O/c1-3-12-9(5-7-20-12)13(18-2)10-8-19-6-4-11(10)14(15,16)17/h4,6,8-9,12-13,18H,3,5,7H2,1-2H3. The van der Waals surface area contributed by atoms with E-state index in [1.165, 1.54) is 12.4 Å². The van der Waals surface area contributed by atoms with Gasteiger partial charge in [0.25, 0.3) is 0 Å². The summed E-state index contributed by atoms with van der Waals surface area (Å²) in [5.41, 5.74) is -0.412. The van der Waals surface area contributed by atoms with E-state index in [-0.39, 0.29) is 17.6 Å². The lowest BCUT2D eigenvalue weighted by Crippen LogP contribution is -2.32. The molecule has 1 aromatic rings. The van der Waals surface area contributed by atoms with E-state index >= 15 is 0 Å². The molecule has 6 heteroatoms. The summed E-state index contributed by atoms with van der Waals surface area (Å²) in [6.07, 6.45) is -0.320. The second kappa shape index (κ2) is 6.10. The van der Waals surface area contributed by atoms with Gasteiger partial charge in [-0.05, 0) is 31.5 Å². The SMILES string of the molecule is CCC1OCCC1C(NC)c1cnccc1C(F)(F)F. The molecule has 1 aromatic heterocycles. The molecule has 0 aromatic carbocycles. The van der Waals surface area contributed by atoms with Crippen LogP contribution in [0.1, 0.15) is 36.9 Å². The lowest BCUT2D eigenvalue weighted by Gasteiger charge is -2.29. The molecule has 0 amide bonds. The topological polar surface area (TPSA) is 34.1 Å². The van der Waals surface area contributed by atoms with Crippen LogP contribution in [0.3, 0.4) is 0 Å². The maximum Gasteiger partial charge on any atom is 0.416 e. The van der Waals surface area contributed by atoms with Crippen molar-refractivity contribution in [1.82, 2.24) is 10.3 Å². The van der Waals surface area contributed by atoms with E-state index in [1.807, 2.05) is 6.92 Å². The third kappa shape index (κ3) is 2.96. The molecule has 3 unspecified atom stereocenters. The van der Waals surface area contributed by atoms with Gasteiger partial charge in [-0.25, -0.2) is 0 Å². The highest BCUT2D eigenvalue weighted by atomic mass is 19.4. The summed E-state index contributed by atoms with van der Waals surface area (Å²) in [5.74, 6) is 0.0373. The fourth-order valence-corrected chi connectivity index (χ4v) is 2.98. The van der Waals surface area contributed by atoms with Crippen molar-refractivity contribution in [3.8, 4) is 0 Å². The molecule has 1 aliphatic heterocycles. The Morgan fingerprint density at radius 1 is 1.50 bits per heavy atom. The number of rotatable bonds is 4. The molecule has 0 aliphatic carbocycles. The van der Waals surface area contributed by atoms with Crippen LogP contribution in [-0.4, -0.2) is 24.7 Å². The second-order valence-electron chi connectivity index (χ2n) is 5.00. The number of aromatic nitrogens is 1. The summed E-state index contributed by atoms with van der Waals surface area (Å²) in [6.45, 7) is 2.59. The molecule has 0 radical (unpaired) electrons. The van der Waals surface area contributed by atoms with Gasteiger partial charge < -0.3 is 10.1 Å². The first-order valence-corrected chi connectivity index (χ1v) is 6.79. The van der Waals surface area contributed by atoms with Gasteiger partial charge in [0.2, 0.25) is 0 Å². The molecule has 2 heterocycles. The quantitative estimate of drug-likeness (QED) is 0.924.